The second-order valence-corrected chi connectivity index (χ2v) is 7.02. The van der Waals surface area contributed by atoms with Crippen LogP contribution >= 0.6 is 0 Å². The number of nitrogens with zero attached hydrogens (tertiary/aromatic N) is 1. The third-order valence-corrected chi connectivity index (χ3v) is 5.19. The first-order valence-electron chi connectivity index (χ1n) is 9.39. The summed E-state index contributed by atoms with van der Waals surface area (Å²) in [5.74, 6) is -0.136. The third kappa shape index (κ3) is 3.79. The van der Waals surface area contributed by atoms with E-state index in [1.807, 2.05) is 10.6 Å². The Morgan fingerprint density at radius 1 is 1.40 bits per heavy atom. The van der Waals surface area contributed by atoms with Gasteiger partial charge in [0.1, 0.15) is 0 Å². The molecule has 1 saturated carbocycles. The Morgan fingerprint density at radius 3 is 2.84 bits per heavy atom. The highest BCUT2D eigenvalue weighted by atomic mass is 16.2. The van der Waals surface area contributed by atoms with Gasteiger partial charge in [0.05, 0.1) is 11.0 Å². The number of rotatable bonds is 7. The highest BCUT2D eigenvalue weighted by molar-refractivity contribution is 5.97. The molecule has 1 aromatic carbocycles. The Hall–Kier alpha value is -2.08. The van der Waals surface area contributed by atoms with E-state index in [1.165, 1.54) is 12.8 Å². The Balaban J connectivity index is 1.81. The zero-order valence-electron chi connectivity index (χ0n) is 14.9. The number of carbonyl (C=O) groups is 1. The fourth-order valence-corrected chi connectivity index (χ4v) is 3.77. The standard InChI is InChI=1S/C19H28N4O2/c1-2-3-6-14(12-20)21-18(24)13-9-10-17-16(11-13)22-19(25)23(17)15-7-4-5-8-15/h9-11,14-15H,2-8,12,20H2,1H3,(H,21,24)(H,22,25). The van der Waals surface area contributed by atoms with E-state index in [4.69, 9.17) is 5.73 Å². The van der Waals surface area contributed by atoms with Crippen LogP contribution < -0.4 is 16.7 Å². The lowest BCUT2D eigenvalue weighted by atomic mass is 10.1. The number of aromatic amines is 1. The Kier molecular flexibility index (Phi) is 5.58. The second kappa shape index (κ2) is 7.87. The minimum Gasteiger partial charge on any atom is -0.348 e. The van der Waals surface area contributed by atoms with Crippen LogP contribution in [0.1, 0.15) is 68.3 Å². The largest absolute Gasteiger partial charge is 0.348 e. The molecular formula is C19H28N4O2. The van der Waals surface area contributed by atoms with Crippen LogP contribution in [0.2, 0.25) is 0 Å². The summed E-state index contributed by atoms with van der Waals surface area (Å²) in [4.78, 5) is 27.7. The van der Waals surface area contributed by atoms with Crippen molar-refractivity contribution in [2.45, 2.75) is 64.0 Å². The molecule has 1 aromatic heterocycles. The van der Waals surface area contributed by atoms with E-state index in [-0.39, 0.29) is 23.7 Å². The number of nitrogens with one attached hydrogen (secondary N) is 2. The molecule has 136 valence electrons. The van der Waals surface area contributed by atoms with Gasteiger partial charge in [0.25, 0.3) is 5.91 Å². The number of benzene rings is 1. The van der Waals surface area contributed by atoms with Crippen molar-refractivity contribution in [1.29, 1.82) is 0 Å². The molecule has 1 fully saturated rings. The maximum absolute atomic E-state index is 12.5. The van der Waals surface area contributed by atoms with Gasteiger partial charge in [-0.15, -0.1) is 0 Å². The lowest BCUT2D eigenvalue weighted by Crippen LogP contribution is -2.40. The summed E-state index contributed by atoms with van der Waals surface area (Å²) in [5, 5.41) is 3.00. The fourth-order valence-electron chi connectivity index (χ4n) is 3.77. The molecule has 0 spiro atoms. The normalized spacial score (nSPS) is 16.4. The maximum Gasteiger partial charge on any atom is 0.326 e. The minimum absolute atomic E-state index is 0.00900. The van der Waals surface area contributed by atoms with E-state index in [0.29, 0.717) is 12.1 Å². The van der Waals surface area contributed by atoms with Gasteiger partial charge in [-0.3, -0.25) is 9.36 Å². The highest BCUT2D eigenvalue weighted by Gasteiger charge is 2.21. The topological polar surface area (TPSA) is 92.9 Å². The molecule has 1 heterocycles. The number of nitrogens with two attached hydrogens (primary N) is 1. The van der Waals surface area contributed by atoms with E-state index in [0.717, 1.165) is 43.1 Å². The lowest BCUT2D eigenvalue weighted by Gasteiger charge is -2.16. The van der Waals surface area contributed by atoms with Gasteiger partial charge in [0.15, 0.2) is 0 Å². The van der Waals surface area contributed by atoms with Crippen molar-refractivity contribution in [2.75, 3.05) is 6.54 Å². The van der Waals surface area contributed by atoms with Gasteiger partial charge in [-0.1, -0.05) is 32.6 Å². The molecule has 1 aliphatic rings. The number of imidazole rings is 1. The van der Waals surface area contributed by atoms with E-state index in [1.54, 1.807) is 12.1 Å². The molecule has 0 radical (unpaired) electrons. The zero-order valence-corrected chi connectivity index (χ0v) is 14.9. The molecule has 2 aromatic rings. The molecule has 6 heteroatoms. The highest BCUT2D eigenvalue weighted by Crippen LogP contribution is 2.30. The summed E-state index contributed by atoms with van der Waals surface area (Å²) in [6.45, 7) is 2.55. The quantitative estimate of drug-likeness (QED) is 0.721. The molecule has 25 heavy (non-hydrogen) atoms. The minimum atomic E-state index is -0.136. The molecule has 0 saturated heterocycles. The van der Waals surface area contributed by atoms with Crippen molar-refractivity contribution in [1.82, 2.24) is 14.9 Å². The van der Waals surface area contributed by atoms with Gasteiger partial charge in [-0.25, -0.2) is 4.79 Å². The number of amides is 1. The summed E-state index contributed by atoms with van der Waals surface area (Å²) in [7, 11) is 0. The van der Waals surface area contributed by atoms with Crippen molar-refractivity contribution in [3.8, 4) is 0 Å². The van der Waals surface area contributed by atoms with Gasteiger partial charge in [-0.2, -0.15) is 0 Å². The smallest absolute Gasteiger partial charge is 0.326 e. The van der Waals surface area contributed by atoms with Crippen LogP contribution in [0.4, 0.5) is 0 Å². The SMILES string of the molecule is CCCCC(CN)NC(=O)c1ccc2c(c1)[nH]c(=O)n2C1CCCC1. The van der Waals surface area contributed by atoms with E-state index in [9.17, 15) is 9.59 Å². The molecule has 4 N–H and O–H groups in total. The molecule has 3 rings (SSSR count). The average Bonchev–Trinajstić information content (AvgIpc) is 3.23. The van der Waals surface area contributed by atoms with Crippen LogP contribution in [0.3, 0.4) is 0 Å². The first-order chi connectivity index (χ1) is 12.1. The number of H-pyrrole nitrogens is 1. The molecular weight excluding hydrogens is 316 g/mol. The molecule has 6 nitrogen and oxygen atoms in total. The maximum atomic E-state index is 12.5. The monoisotopic (exact) mass is 344 g/mol. The van der Waals surface area contributed by atoms with Gasteiger partial charge < -0.3 is 16.0 Å². The lowest BCUT2D eigenvalue weighted by molar-refractivity contribution is 0.0936. The summed E-state index contributed by atoms with van der Waals surface area (Å²) in [6.07, 6.45) is 7.43. The molecule has 0 aliphatic heterocycles. The van der Waals surface area contributed by atoms with E-state index < -0.39 is 0 Å². The van der Waals surface area contributed by atoms with Crippen molar-refractivity contribution in [3.63, 3.8) is 0 Å². The van der Waals surface area contributed by atoms with E-state index in [2.05, 4.69) is 17.2 Å². The Morgan fingerprint density at radius 2 is 2.16 bits per heavy atom. The average molecular weight is 344 g/mol. The summed E-state index contributed by atoms with van der Waals surface area (Å²) < 4.78 is 1.86. The van der Waals surface area contributed by atoms with E-state index >= 15 is 0 Å². The number of hydrogen-bond acceptors (Lipinski definition) is 3. The van der Waals surface area contributed by atoms with Crippen molar-refractivity contribution < 1.29 is 4.79 Å². The predicted octanol–water partition coefficient (Wildman–Crippen LogP) is 2.69. The van der Waals surface area contributed by atoms with Crippen LogP contribution in [-0.2, 0) is 0 Å². The summed E-state index contributed by atoms with van der Waals surface area (Å²) >= 11 is 0. The zero-order chi connectivity index (χ0) is 17.8. The number of hydrogen-bond donors (Lipinski definition) is 3. The predicted molar refractivity (Wildman–Crippen MR) is 99.9 cm³/mol. The van der Waals surface area contributed by atoms with Crippen LogP contribution in [0.15, 0.2) is 23.0 Å². The van der Waals surface area contributed by atoms with Crippen LogP contribution in [0.5, 0.6) is 0 Å². The number of fused-ring (bicyclic) bond motifs is 1. The van der Waals surface area contributed by atoms with Crippen LogP contribution in [0.25, 0.3) is 11.0 Å². The number of aromatic nitrogens is 2. The van der Waals surface area contributed by atoms with Crippen molar-refractivity contribution >= 4 is 16.9 Å². The van der Waals surface area contributed by atoms with Gasteiger partial charge >= 0.3 is 5.69 Å². The van der Waals surface area contributed by atoms with Gasteiger partial charge in [0, 0.05) is 24.2 Å². The van der Waals surface area contributed by atoms with Crippen LogP contribution in [0, 0.1) is 0 Å². The molecule has 1 unspecified atom stereocenters. The molecule has 1 atom stereocenters. The Labute approximate surface area is 147 Å². The summed E-state index contributed by atoms with van der Waals surface area (Å²) in [6, 6.07) is 5.71. The molecule has 1 amide bonds. The van der Waals surface area contributed by atoms with Gasteiger partial charge in [-0.05, 0) is 37.5 Å². The fraction of sp³-hybridized carbons (Fsp3) is 0.579. The number of carbonyl (C=O) groups excluding carboxylic acids is 1. The summed E-state index contributed by atoms with van der Waals surface area (Å²) in [5.41, 5.74) is 7.84. The van der Waals surface area contributed by atoms with Gasteiger partial charge in [0.2, 0.25) is 0 Å². The first-order valence-corrected chi connectivity index (χ1v) is 9.39. The van der Waals surface area contributed by atoms with Crippen LogP contribution in [-0.4, -0.2) is 28.0 Å². The molecule has 0 bridgehead atoms. The number of unbranched alkanes of at least 4 members (excludes halogenated alkanes) is 1. The first kappa shape index (κ1) is 17.7. The van der Waals surface area contributed by atoms with Crippen molar-refractivity contribution in [3.05, 3.63) is 34.2 Å². The Bertz CT molecular complexity index is 786. The van der Waals surface area contributed by atoms with Crippen molar-refractivity contribution in [2.24, 2.45) is 5.73 Å². The third-order valence-electron chi connectivity index (χ3n) is 5.19. The second-order valence-electron chi connectivity index (χ2n) is 7.02. The molecule has 1 aliphatic carbocycles.